The van der Waals surface area contributed by atoms with Crippen molar-refractivity contribution in [2.24, 2.45) is 0 Å². The normalized spacial score (nSPS) is 0. The first-order valence-electron chi connectivity index (χ1n) is 0. The molecule has 0 rings (SSSR count). The van der Waals surface area contributed by atoms with Crippen molar-refractivity contribution in [2.45, 2.75) is 0 Å². The Morgan fingerprint density at radius 2 is 0.750 bits per heavy atom. The SMILES string of the molecule is [Co+2].[O-2].[O-2].[Pt+2]. The maximum Gasteiger partial charge on any atom is 2.00 e. The summed E-state index contributed by atoms with van der Waals surface area (Å²) in [6.07, 6.45) is 0. The van der Waals surface area contributed by atoms with Crippen molar-refractivity contribution in [3.63, 3.8) is 0 Å². The van der Waals surface area contributed by atoms with Gasteiger partial charge in [0.1, 0.15) is 0 Å². The third-order valence-electron chi connectivity index (χ3n) is 0. The topological polar surface area (TPSA) is 57.0 Å². The molecule has 1 radical (unpaired) electrons. The summed E-state index contributed by atoms with van der Waals surface area (Å²) < 4.78 is 0. The third kappa shape index (κ3) is 11.2. The van der Waals surface area contributed by atoms with Gasteiger partial charge in [-0.1, -0.05) is 0 Å². The molecule has 0 aliphatic carbocycles. The maximum atomic E-state index is 0. The van der Waals surface area contributed by atoms with Gasteiger partial charge < -0.3 is 11.0 Å². The quantitative estimate of drug-likeness (QED) is 0.590. The molecule has 0 aromatic carbocycles. The van der Waals surface area contributed by atoms with E-state index in [2.05, 4.69) is 0 Å². The van der Waals surface area contributed by atoms with Crippen LogP contribution in [0.2, 0.25) is 0 Å². The number of hydrogen-bond donors (Lipinski definition) is 0. The Kier molecular flexibility index (Phi) is 560. The zero-order valence-corrected chi connectivity index (χ0v) is 4.78. The minimum Gasteiger partial charge on any atom is -2.00 e. The molecular formula is CoO2Pt. The van der Waals surface area contributed by atoms with Gasteiger partial charge in [0.15, 0.2) is 0 Å². The largest absolute Gasteiger partial charge is 2.00 e. The van der Waals surface area contributed by atoms with Gasteiger partial charge in [-0.2, -0.15) is 0 Å². The van der Waals surface area contributed by atoms with Gasteiger partial charge in [-0.05, 0) is 0 Å². The molecule has 0 aliphatic heterocycles. The molecule has 0 heterocycles. The molecule has 4 heteroatoms. The van der Waals surface area contributed by atoms with E-state index in [-0.39, 0.29) is 48.8 Å². The van der Waals surface area contributed by atoms with Gasteiger partial charge in [-0.15, -0.1) is 0 Å². The second-order valence-electron chi connectivity index (χ2n) is 0. The smallest absolute Gasteiger partial charge is 2.00 e. The first-order chi connectivity index (χ1) is 0. The molecule has 2 nitrogen and oxygen atoms in total. The van der Waals surface area contributed by atoms with E-state index < -0.39 is 0 Å². The molecular weight excluding hydrogens is 286 g/mol. The molecule has 0 amide bonds. The molecule has 0 fully saturated rings. The molecule has 0 N–H and O–H groups in total. The Hall–Kier alpha value is 1.11. The maximum absolute atomic E-state index is 0. The van der Waals surface area contributed by atoms with Crippen molar-refractivity contribution in [1.29, 1.82) is 0 Å². The van der Waals surface area contributed by atoms with E-state index in [1.54, 1.807) is 0 Å². The number of hydrogen-bond acceptors (Lipinski definition) is 0. The van der Waals surface area contributed by atoms with E-state index >= 15 is 0 Å². The molecule has 0 aliphatic rings. The Morgan fingerprint density at radius 1 is 0.750 bits per heavy atom. The molecule has 0 unspecified atom stereocenters. The molecule has 0 saturated carbocycles. The third-order valence-corrected chi connectivity index (χ3v) is 0. The molecule has 31 valence electrons. The van der Waals surface area contributed by atoms with Gasteiger partial charge in [0.2, 0.25) is 0 Å². The van der Waals surface area contributed by atoms with Gasteiger partial charge in [-0.25, -0.2) is 0 Å². The average molecular weight is 286 g/mol. The van der Waals surface area contributed by atoms with Gasteiger partial charge in [0.25, 0.3) is 0 Å². The van der Waals surface area contributed by atoms with Crippen LogP contribution in [0, 0.1) is 0 Å². The minimum atomic E-state index is 0. The fourth-order valence-electron chi connectivity index (χ4n) is 0. The summed E-state index contributed by atoms with van der Waals surface area (Å²) >= 11 is 0. The number of rotatable bonds is 0. The van der Waals surface area contributed by atoms with Crippen LogP contribution in [0.3, 0.4) is 0 Å². The van der Waals surface area contributed by atoms with E-state index in [0.29, 0.717) is 0 Å². The summed E-state index contributed by atoms with van der Waals surface area (Å²) in [5.74, 6) is 0. The fraction of sp³-hybridized carbons (Fsp3) is 0. The molecule has 0 atom stereocenters. The van der Waals surface area contributed by atoms with Crippen molar-refractivity contribution in [1.82, 2.24) is 0 Å². The van der Waals surface area contributed by atoms with E-state index in [9.17, 15) is 0 Å². The van der Waals surface area contributed by atoms with Crippen molar-refractivity contribution in [3.05, 3.63) is 0 Å². The van der Waals surface area contributed by atoms with Crippen molar-refractivity contribution in [2.75, 3.05) is 0 Å². The minimum absolute atomic E-state index is 0. The van der Waals surface area contributed by atoms with E-state index in [0.717, 1.165) is 0 Å². The van der Waals surface area contributed by atoms with Gasteiger partial charge in [0, 0.05) is 0 Å². The van der Waals surface area contributed by atoms with E-state index in [1.165, 1.54) is 0 Å². The summed E-state index contributed by atoms with van der Waals surface area (Å²) in [6.45, 7) is 0. The average Bonchev–Trinajstić information content (AvgIpc) is 0. The predicted molar refractivity (Wildman–Crippen MR) is 1.37 cm³/mol. The zero-order chi connectivity index (χ0) is 0. The van der Waals surface area contributed by atoms with Crippen LogP contribution in [-0.4, -0.2) is 0 Å². The standard InChI is InChI=1S/Co.2O.Pt/q+2;2*-2;+2. The second-order valence-corrected chi connectivity index (χ2v) is 0. The van der Waals surface area contributed by atoms with Crippen LogP contribution in [0.4, 0.5) is 0 Å². The van der Waals surface area contributed by atoms with Crippen LogP contribution < -0.4 is 0 Å². The first kappa shape index (κ1) is 69.7. The van der Waals surface area contributed by atoms with Gasteiger partial charge in [-0.3, -0.25) is 0 Å². The predicted octanol–water partition coefficient (Wildman–Crippen LogP) is -0.243. The van der Waals surface area contributed by atoms with Crippen molar-refractivity contribution >= 4 is 0 Å². The van der Waals surface area contributed by atoms with Crippen LogP contribution >= 0.6 is 0 Å². The Labute approximate surface area is 49.0 Å². The Bertz CT molecular complexity index is 6.00. The summed E-state index contributed by atoms with van der Waals surface area (Å²) in [4.78, 5) is 0. The van der Waals surface area contributed by atoms with Crippen molar-refractivity contribution < 1.29 is 48.8 Å². The van der Waals surface area contributed by atoms with Crippen LogP contribution in [0.5, 0.6) is 0 Å². The Morgan fingerprint density at radius 3 is 0.750 bits per heavy atom. The van der Waals surface area contributed by atoms with E-state index in [1.807, 2.05) is 0 Å². The van der Waals surface area contributed by atoms with Crippen LogP contribution in [0.15, 0.2) is 0 Å². The monoisotopic (exact) mass is 286 g/mol. The van der Waals surface area contributed by atoms with Crippen LogP contribution in [0.1, 0.15) is 0 Å². The second kappa shape index (κ2) is 32.1. The molecule has 0 saturated heterocycles. The fourth-order valence-corrected chi connectivity index (χ4v) is 0. The van der Waals surface area contributed by atoms with Gasteiger partial charge in [0.05, 0.1) is 0 Å². The molecule has 4 heavy (non-hydrogen) atoms. The molecule has 0 spiro atoms. The molecule has 0 bridgehead atoms. The molecule has 0 aromatic heterocycles. The summed E-state index contributed by atoms with van der Waals surface area (Å²) in [6, 6.07) is 0. The Balaban J connectivity index is 0. The van der Waals surface area contributed by atoms with Gasteiger partial charge >= 0.3 is 37.8 Å². The zero-order valence-electron chi connectivity index (χ0n) is 1.47. The van der Waals surface area contributed by atoms with Crippen LogP contribution in [-0.2, 0) is 48.8 Å². The summed E-state index contributed by atoms with van der Waals surface area (Å²) in [5.41, 5.74) is 0. The van der Waals surface area contributed by atoms with Crippen LogP contribution in [0.25, 0.3) is 0 Å². The van der Waals surface area contributed by atoms with E-state index in [4.69, 9.17) is 0 Å². The summed E-state index contributed by atoms with van der Waals surface area (Å²) in [5, 5.41) is 0. The summed E-state index contributed by atoms with van der Waals surface area (Å²) in [7, 11) is 0. The van der Waals surface area contributed by atoms with Crippen molar-refractivity contribution in [3.8, 4) is 0 Å². The molecule has 0 aromatic rings. The first-order valence-corrected chi connectivity index (χ1v) is 0.